The van der Waals surface area contributed by atoms with Crippen LogP contribution in [0.1, 0.15) is 39.3 Å². The highest BCUT2D eigenvalue weighted by Crippen LogP contribution is 2.14. The lowest BCUT2D eigenvalue weighted by Gasteiger charge is -2.21. The number of nitrogens with one attached hydrogen (secondary N) is 2. The average molecular weight is 239 g/mol. The number of carbonyl (C=O) groups is 1. The van der Waals surface area contributed by atoms with Gasteiger partial charge in [0.15, 0.2) is 5.82 Å². The molecule has 0 radical (unpaired) electrons. The minimum absolute atomic E-state index is 0.0913. The van der Waals surface area contributed by atoms with E-state index in [1.54, 1.807) is 7.11 Å². The minimum Gasteiger partial charge on any atom is -0.378 e. The van der Waals surface area contributed by atoms with Gasteiger partial charge in [-0.25, -0.2) is 0 Å². The number of amides is 1. The molecule has 0 aliphatic rings. The van der Waals surface area contributed by atoms with E-state index in [0.717, 1.165) is 18.5 Å². The van der Waals surface area contributed by atoms with Crippen molar-refractivity contribution >= 4 is 11.7 Å². The Hall–Kier alpha value is -1.36. The van der Waals surface area contributed by atoms with Gasteiger partial charge in [0.1, 0.15) is 0 Å². The van der Waals surface area contributed by atoms with Crippen LogP contribution in [0.4, 0.5) is 5.82 Å². The summed E-state index contributed by atoms with van der Waals surface area (Å²) in [5.41, 5.74) is 0.584. The zero-order valence-corrected chi connectivity index (χ0v) is 11.0. The van der Waals surface area contributed by atoms with Gasteiger partial charge in [-0.1, -0.05) is 13.3 Å². The van der Waals surface area contributed by atoms with Crippen molar-refractivity contribution in [2.75, 3.05) is 12.4 Å². The average Bonchev–Trinajstić information content (AvgIpc) is 2.65. The zero-order valence-electron chi connectivity index (χ0n) is 11.0. The molecule has 0 aliphatic carbocycles. The Bertz CT molecular complexity index is 372. The number of ether oxygens (including phenoxy) is 1. The normalized spacial score (nSPS) is 11.5. The SMILES string of the molecule is CCCc1cc(NC(=O)CC(C)(C)OC)n[nH]1. The third kappa shape index (κ3) is 4.56. The second kappa shape index (κ2) is 5.82. The van der Waals surface area contributed by atoms with E-state index < -0.39 is 5.60 Å². The van der Waals surface area contributed by atoms with Gasteiger partial charge in [-0.15, -0.1) is 0 Å². The number of nitrogens with zero attached hydrogens (tertiary/aromatic N) is 1. The molecular weight excluding hydrogens is 218 g/mol. The molecule has 2 N–H and O–H groups in total. The lowest BCUT2D eigenvalue weighted by Crippen LogP contribution is -2.29. The fraction of sp³-hybridized carbons (Fsp3) is 0.667. The topological polar surface area (TPSA) is 67.0 Å². The van der Waals surface area contributed by atoms with E-state index in [1.165, 1.54) is 0 Å². The highest BCUT2D eigenvalue weighted by atomic mass is 16.5. The van der Waals surface area contributed by atoms with Gasteiger partial charge in [-0.3, -0.25) is 9.89 Å². The third-order valence-electron chi connectivity index (χ3n) is 2.56. The van der Waals surface area contributed by atoms with Crippen LogP contribution in [-0.2, 0) is 16.0 Å². The number of anilines is 1. The van der Waals surface area contributed by atoms with Crippen molar-refractivity contribution in [3.63, 3.8) is 0 Å². The monoisotopic (exact) mass is 239 g/mol. The largest absolute Gasteiger partial charge is 0.378 e. The first-order valence-electron chi connectivity index (χ1n) is 5.86. The molecule has 17 heavy (non-hydrogen) atoms. The molecule has 0 saturated carbocycles. The van der Waals surface area contributed by atoms with Gasteiger partial charge in [0.05, 0.1) is 12.0 Å². The molecule has 1 aromatic heterocycles. The summed E-state index contributed by atoms with van der Waals surface area (Å²) in [5, 5.41) is 9.68. The van der Waals surface area contributed by atoms with Crippen molar-refractivity contribution < 1.29 is 9.53 Å². The predicted molar refractivity (Wildman–Crippen MR) is 66.9 cm³/mol. The third-order valence-corrected chi connectivity index (χ3v) is 2.56. The van der Waals surface area contributed by atoms with Crippen molar-refractivity contribution in [2.24, 2.45) is 0 Å². The number of aromatic amines is 1. The molecule has 96 valence electrons. The fourth-order valence-corrected chi connectivity index (χ4v) is 1.47. The molecule has 1 rings (SSSR count). The molecule has 1 amide bonds. The van der Waals surface area contributed by atoms with Crippen LogP contribution >= 0.6 is 0 Å². The van der Waals surface area contributed by atoms with E-state index >= 15 is 0 Å². The summed E-state index contributed by atoms with van der Waals surface area (Å²) >= 11 is 0. The van der Waals surface area contributed by atoms with Crippen molar-refractivity contribution in [3.8, 4) is 0 Å². The maximum atomic E-state index is 11.7. The van der Waals surface area contributed by atoms with Gasteiger partial charge in [0.25, 0.3) is 0 Å². The Balaban J connectivity index is 2.50. The van der Waals surface area contributed by atoms with Crippen LogP contribution in [0.5, 0.6) is 0 Å². The molecule has 0 aromatic carbocycles. The number of rotatable bonds is 6. The van der Waals surface area contributed by atoms with Gasteiger partial charge in [0, 0.05) is 18.9 Å². The Morgan fingerprint density at radius 3 is 2.88 bits per heavy atom. The van der Waals surface area contributed by atoms with Crippen molar-refractivity contribution in [2.45, 2.75) is 45.6 Å². The molecule has 5 heteroatoms. The number of hydrogen-bond donors (Lipinski definition) is 2. The van der Waals surface area contributed by atoms with Crippen molar-refractivity contribution in [1.82, 2.24) is 10.2 Å². The van der Waals surface area contributed by atoms with Crippen LogP contribution in [0.3, 0.4) is 0 Å². The van der Waals surface area contributed by atoms with E-state index in [4.69, 9.17) is 4.74 Å². The van der Waals surface area contributed by atoms with E-state index in [1.807, 2.05) is 19.9 Å². The molecule has 0 saturated heterocycles. The van der Waals surface area contributed by atoms with Gasteiger partial charge in [-0.05, 0) is 20.3 Å². The first kappa shape index (κ1) is 13.7. The summed E-state index contributed by atoms with van der Waals surface area (Å²) in [6.07, 6.45) is 2.29. The van der Waals surface area contributed by atoms with Crippen LogP contribution in [0.2, 0.25) is 0 Å². The second-order valence-corrected chi connectivity index (χ2v) is 4.72. The zero-order chi connectivity index (χ0) is 12.9. The number of H-pyrrole nitrogens is 1. The molecule has 0 unspecified atom stereocenters. The smallest absolute Gasteiger partial charge is 0.228 e. The number of methoxy groups -OCH3 is 1. The Morgan fingerprint density at radius 2 is 2.29 bits per heavy atom. The van der Waals surface area contributed by atoms with Gasteiger partial charge in [0.2, 0.25) is 5.91 Å². The molecule has 1 heterocycles. The van der Waals surface area contributed by atoms with Crippen LogP contribution in [-0.4, -0.2) is 28.8 Å². The predicted octanol–water partition coefficient (Wildman–Crippen LogP) is 2.12. The van der Waals surface area contributed by atoms with Crippen LogP contribution in [0.15, 0.2) is 6.07 Å². The molecular formula is C12H21N3O2. The summed E-state index contributed by atoms with van der Waals surface area (Å²) < 4.78 is 5.20. The standard InChI is InChI=1S/C12H21N3O2/c1-5-6-9-7-10(15-14-9)13-11(16)8-12(2,3)17-4/h7H,5-6,8H2,1-4H3,(H2,13,14,15,16). The first-order chi connectivity index (χ1) is 7.96. The van der Waals surface area contributed by atoms with Crippen LogP contribution in [0, 0.1) is 0 Å². The lowest BCUT2D eigenvalue weighted by molar-refractivity contribution is -0.121. The number of aromatic nitrogens is 2. The highest BCUT2D eigenvalue weighted by Gasteiger charge is 2.21. The van der Waals surface area contributed by atoms with E-state index in [9.17, 15) is 4.79 Å². The summed E-state index contributed by atoms with van der Waals surface area (Å²) in [7, 11) is 1.60. The first-order valence-corrected chi connectivity index (χ1v) is 5.86. The number of hydrogen-bond acceptors (Lipinski definition) is 3. The number of aryl methyl sites for hydroxylation is 1. The summed E-state index contributed by atoms with van der Waals surface area (Å²) in [6.45, 7) is 5.85. The minimum atomic E-state index is -0.452. The summed E-state index contributed by atoms with van der Waals surface area (Å²) in [5.74, 6) is 0.483. The second-order valence-electron chi connectivity index (χ2n) is 4.72. The Kier molecular flexibility index (Phi) is 4.69. The quantitative estimate of drug-likeness (QED) is 0.799. The molecule has 0 aliphatic heterocycles. The lowest BCUT2D eigenvalue weighted by atomic mass is 10.1. The molecule has 5 nitrogen and oxygen atoms in total. The summed E-state index contributed by atoms with van der Waals surface area (Å²) in [6, 6.07) is 1.86. The molecule has 0 fully saturated rings. The molecule has 0 atom stereocenters. The molecule has 0 spiro atoms. The van der Waals surface area contributed by atoms with Crippen molar-refractivity contribution in [3.05, 3.63) is 11.8 Å². The van der Waals surface area contributed by atoms with Crippen LogP contribution in [0.25, 0.3) is 0 Å². The van der Waals surface area contributed by atoms with E-state index in [2.05, 4.69) is 22.4 Å². The van der Waals surface area contributed by atoms with Crippen LogP contribution < -0.4 is 5.32 Å². The summed E-state index contributed by atoms with van der Waals surface area (Å²) in [4.78, 5) is 11.7. The van der Waals surface area contributed by atoms with Gasteiger partial charge < -0.3 is 10.1 Å². The Labute approximate surface area is 102 Å². The fourth-order valence-electron chi connectivity index (χ4n) is 1.47. The highest BCUT2D eigenvalue weighted by molar-refractivity contribution is 5.90. The molecule has 0 bridgehead atoms. The maximum Gasteiger partial charge on any atom is 0.228 e. The maximum absolute atomic E-state index is 11.7. The van der Waals surface area contributed by atoms with E-state index in [0.29, 0.717) is 12.2 Å². The number of carbonyl (C=O) groups excluding carboxylic acids is 1. The van der Waals surface area contributed by atoms with Gasteiger partial charge >= 0.3 is 0 Å². The van der Waals surface area contributed by atoms with Gasteiger partial charge in [-0.2, -0.15) is 5.10 Å². The van der Waals surface area contributed by atoms with Crippen molar-refractivity contribution in [1.29, 1.82) is 0 Å². The Morgan fingerprint density at radius 1 is 1.59 bits per heavy atom. The van der Waals surface area contributed by atoms with E-state index in [-0.39, 0.29) is 5.91 Å². The molecule has 1 aromatic rings.